The van der Waals surface area contributed by atoms with Crippen molar-refractivity contribution >= 4 is 0 Å². The summed E-state index contributed by atoms with van der Waals surface area (Å²) in [6, 6.07) is 3.81. The summed E-state index contributed by atoms with van der Waals surface area (Å²) in [5.74, 6) is -1.10. The normalized spacial score (nSPS) is 23.0. The van der Waals surface area contributed by atoms with Crippen molar-refractivity contribution in [1.29, 1.82) is 0 Å². The Labute approximate surface area is 134 Å². The van der Waals surface area contributed by atoms with E-state index in [1.165, 1.54) is 6.07 Å². The van der Waals surface area contributed by atoms with Gasteiger partial charge in [0.05, 0.1) is 0 Å². The van der Waals surface area contributed by atoms with E-state index in [2.05, 4.69) is 23.5 Å². The van der Waals surface area contributed by atoms with E-state index in [1.807, 2.05) is 0 Å². The number of rotatable bonds is 5. The molecule has 0 amide bonds. The predicted molar refractivity (Wildman–Crippen MR) is 81.0 cm³/mol. The molecule has 0 bridgehead atoms. The molecule has 2 unspecified atom stereocenters. The van der Waals surface area contributed by atoms with Gasteiger partial charge < -0.3 is 9.64 Å². The molecule has 0 spiro atoms. The van der Waals surface area contributed by atoms with E-state index in [-0.39, 0.29) is 5.92 Å². The molecule has 0 N–H and O–H groups in total. The first kappa shape index (κ1) is 18.0. The summed E-state index contributed by atoms with van der Waals surface area (Å²) < 4.78 is 54.2. The monoisotopic (exact) mass is 333 g/mol. The molecule has 1 heterocycles. The molecule has 6 heteroatoms. The molecule has 0 aromatic heterocycles. The molecule has 2 atom stereocenters. The van der Waals surface area contributed by atoms with Gasteiger partial charge in [-0.15, -0.1) is 13.2 Å². The Bertz CT molecular complexity index is 518. The summed E-state index contributed by atoms with van der Waals surface area (Å²) in [4.78, 5) is 2.36. The van der Waals surface area contributed by atoms with Crippen molar-refractivity contribution in [1.82, 2.24) is 4.90 Å². The molecule has 130 valence electrons. The molecule has 0 saturated carbocycles. The maximum Gasteiger partial charge on any atom is 0.573 e. The zero-order valence-electron chi connectivity index (χ0n) is 13.5. The van der Waals surface area contributed by atoms with E-state index in [0.717, 1.165) is 50.5 Å². The molecule has 1 aliphatic rings. The summed E-state index contributed by atoms with van der Waals surface area (Å²) in [6.07, 6.45) is -1.72. The van der Waals surface area contributed by atoms with Gasteiger partial charge in [-0.25, -0.2) is 4.39 Å². The number of hydrogen-bond donors (Lipinski definition) is 0. The lowest BCUT2D eigenvalue weighted by molar-refractivity contribution is -0.275. The first-order valence-corrected chi connectivity index (χ1v) is 8.06. The number of nitrogens with zero attached hydrogens (tertiary/aromatic N) is 1. The molecule has 1 aliphatic heterocycles. The van der Waals surface area contributed by atoms with Gasteiger partial charge in [0.2, 0.25) is 0 Å². The van der Waals surface area contributed by atoms with Crippen LogP contribution in [0.3, 0.4) is 0 Å². The van der Waals surface area contributed by atoms with Crippen molar-refractivity contribution in [2.45, 2.75) is 45.4 Å². The molecule has 1 aromatic rings. The van der Waals surface area contributed by atoms with Crippen molar-refractivity contribution < 1.29 is 22.3 Å². The van der Waals surface area contributed by atoms with Gasteiger partial charge in [-0.3, -0.25) is 0 Å². The van der Waals surface area contributed by atoms with E-state index in [1.54, 1.807) is 6.07 Å². The summed E-state index contributed by atoms with van der Waals surface area (Å²) in [5, 5.41) is 0. The van der Waals surface area contributed by atoms with Crippen molar-refractivity contribution in [3.8, 4) is 5.75 Å². The van der Waals surface area contributed by atoms with Crippen molar-refractivity contribution in [2.75, 3.05) is 19.6 Å². The van der Waals surface area contributed by atoms with Crippen molar-refractivity contribution in [3.05, 3.63) is 29.6 Å². The van der Waals surface area contributed by atoms with Crippen LogP contribution < -0.4 is 4.74 Å². The van der Waals surface area contributed by atoms with Crippen LogP contribution >= 0.6 is 0 Å². The highest BCUT2D eigenvalue weighted by Gasteiger charge is 2.33. The third-order valence-corrected chi connectivity index (χ3v) is 4.22. The first-order chi connectivity index (χ1) is 10.8. The number of ether oxygens (including phenoxy) is 1. The van der Waals surface area contributed by atoms with Gasteiger partial charge >= 0.3 is 6.36 Å². The Morgan fingerprint density at radius 1 is 1.26 bits per heavy atom. The molecule has 1 saturated heterocycles. The second kappa shape index (κ2) is 7.51. The average molecular weight is 333 g/mol. The van der Waals surface area contributed by atoms with Crippen molar-refractivity contribution in [2.24, 2.45) is 5.92 Å². The van der Waals surface area contributed by atoms with Crippen LogP contribution in [-0.4, -0.2) is 30.9 Å². The third-order valence-electron chi connectivity index (χ3n) is 4.22. The Morgan fingerprint density at radius 2 is 2.00 bits per heavy atom. The lowest BCUT2D eigenvalue weighted by Crippen LogP contribution is -2.39. The predicted octanol–water partition coefficient (Wildman–Crippen LogP) is 4.95. The molecular formula is C17H23F4NO. The zero-order chi connectivity index (χ0) is 17.0. The second-order valence-electron chi connectivity index (χ2n) is 6.39. The minimum atomic E-state index is -4.88. The van der Waals surface area contributed by atoms with Gasteiger partial charge in [-0.2, -0.15) is 0 Å². The number of piperidine rings is 1. The average Bonchev–Trinajstić information content (AvgIpc) is 2.45. The van der Waals surface area contributed by atoms with Gasteiger partial charge in [-0.05, 0) is 48.9 Å². The second-order valence-corrected chi connectivity index (χ2v) is 6.39. The molecule has 1 aromatic carbocycles. The van der Waals surface area contributed by atoms with Gasteiger partial charge in [-0.1, -0.05) is 26.3 Å². The number of alkyl halides is 3. The summed E-state index contributed by atoms with van der Waals surface area (Å²) in [7, 11) is 0. The summed E-state index contributed by atoms with van der Waals surface area (Å²) >= 11 is 0. The van der Waals surface area contributed by atoms with Gasteiger partial charge in [0, 0.05) is 13.1 Å². The van der Waals surface area contributed by atoms with Crippen LogP contribution in [0, 0.1) is 11.7 Å². The Kier molecular flexibility index (Phi) is 5.89. The lowest BCUT2D eigenvalue weighted by Gasteiger charge is -2.36. The first-order valence-electron chi connectivity index (χ1n) is 8.06. The van der Waals surface area contributed by atoms with E-state index in [0.29, 0.717) is 5.92 Å². The quantitative estimate of drug-likeness (QED) is 0.707. The smallest absolute Gasteiger partial charge is 0.403 e. The van der Waals surface area contributed by atoms with E-state index in [4.69, 9.17) is 0 Å². The fraction of sp³-hybridized carbons (Fsp3) is 0.647. The highest BCUT2D eigenvalue weighted by molar-refractivity contribution is 5.32. The van der Waals surface area contributed by atoms with Crippen LogP contribution in [0.2, 0.25) is 0 Å². The SMILES string of the molecule is CCCCN1CC(C)CC(c2ccc(OC(F)(F)F)c(F)c2)C1. The number of unbranched alkanes of at least 4 members (excludes halogenated alkanes) is 1. The summed E-state index contributed by atoms with van der Waals surface area (Å²) in [5.41, 5.74) is 0.741. The van der Waals surface area contributed by atoms with Crippen LogP contribution in [-0.2, 0) is 0 Å². The van der Waals surface area contributed by atoms with Gasteiger partial charge in [0.15, 0.2) is 11.6 Å². The lowest BCUT2D eigenvalue weighted by atomic mass is 9.85. The van der Waals surface area contributed by atoms with Crippen LogP contribution in [0.15, 0.2) is 18.2 Å². The molecule has 23 heavy (non-hydrogen) atoms. The van der Waals surface area contributed by atoms with Crippen LogP contribution in [0.25, 0.3) is 0 Å². The molecule has 0 aliphatic carbocycles. The molecule has 2 rings (SSSR count). The van der Waals surface area contributed by atoms with Gasteiger partial charge in [0.25, 0.3) is 0 Å². The molecule has 0 radical (unpaired) electrons. The topological polar surface area (TPSA) is 12.5 Å². The zero-order valence-corrected chi connectivity index (χ0v) is 13.5. The Balaban J connectivity index is 2.09. The number of halogens is 4. The minimum absolute atomic E-state index is 0.144. The molecular weight excluding hydrogens is 310 g/mol. The fourth-order valence-corrected chi connectivity index (χ4v) is 3.25. The van der Waals surface area contributed by atoms with Crippen LogP contribution in [0.5, 0.6) is 5.75 Å². The summed E-state index contributed by atoms with van der Waals surface area (Å²) in [6.45, 7) is 7.15. The number of benzene rings is 1. The highest BCUT2D eigenvalue weighted by Crippen LogP contribution is 2.33. The Hall–Kier alpha value is -1.30. The molecule has 2 nitrogen and oxygen atoms in total. The van der Waals surface area contributed by atoms with Crippen molar-refractivity contribution in [3.63, 3.8) is 0 Å². The fourth-order valence-electron chi connectivity index (χ4n) is 3.25. The maximum absolute atomic E-state index is 13.9. The highest BCUT2D eigenvalue weighted by atomic mass is 19.4. The van der Waals surface area contributed by atoms with Crippen LogP contribution in [0.4, 0.5) is 17.6 Å². The standard InChI is InChI=1S/C17H23F4NO/c1-3-4-7-22-10-12(2)8-14(11-22)13-5-6-16(15(18)9-13)23-17(19,20)21/h5-6,9,12,14H,3-4,7-8,10-11H2,1-2H3. The Morgan fingerprint density at radius 3 is 2.61 bits per heavy atom. The van der Waals surface area contributed by atoms with Crippen LogP contribution in [0.1, 0.15) is 44.6 Å². The molecule has 1 fully saturated rings. The van der Waals surface area contributed by atoms with E-state index < -0.39 is 17.9 Å². The van der Waals surface area contributed by atoms with Gasteiger partial charge in [0.1, 0.15) is 0 Å². The van der Waals surface area contributed by atoms with E-state index in [9.17, 15) is 17.6 Å². The maximum atomic E-state index is 13.9. The minimum Gasteiger partial charge on any atom is -0.403 e. The third kappa shape index (κ3) is 5.37. The number of hydrogen-bond acceptors (Lipinski definition) is 2. The number of likely N-dealkylation sites (tertiary alicyclic amines) is 1. The largest absolute Gasteiger partial charge is 0.573 e. The van der Waals surface area contributed by atoms with E-state index >= 15 is 0 Å².